The molecule has 3 heterocycles. The van der Waals surface area contributed by atoms with Crippen molar-refractivity contribution in [1.82, 2.24) is 14.6 Å². The van der Waals surface area contributed by atoms with Gasteiger partial charge in [0, 0.05) is 31.6 Å². The van der Waals surface area contributed by atoms with E-state index in [1.165, 1.54) is 16.9 Å². The Morgan fingerprint density at radius 3 is 3.00 bits per heavy atom. The normalized spacial score (nSPS) is 19.3. The van der Waals surface area contributed by atoms with E-state index in [4.69, 9.17) is 4.74 Å². The number of anilines is 1. The minimum atomic E-state index is -4.46. The molecule has 1 fully saturated rings. The van der Waals surface area contributed by atoms with Crippen LogP contribution in [0.1, 0.15) is 25.0 Å². The lowest BCUT2D eigenvalue weighted by Crippen LogP contribution is -2.13. The third-order valence-corrected chi connectivity index (χ3v) is 3.46. The molecule has 0 saturated carbocycles. The standard InChI is InChI=1S/C13H15F3N4O/c14-13(15,16)11-8-10-12(18-5-6-20(10)19-11)17-4-3-9-2-1-7-21-9/h5-6,8-9H,1-4,7H2,(H,17,18). The molecule has 0 aliphatic carbocycles. The molecule has 0 aromatic carbocycles. The summed E-state index contributed by atoms with van der Waals surface area (Å²) in [5.41, 5.74) is -0.602. The van der Waals surface area contributed by atoms with Crippen molar-refractivity contribution in [1.29, 1.82) is 0 Å². The van der Waals surface area contributed by atoms with Gasteiger partial charge in [0.15, 0.2) is 11.5 Å². The van der Waals surface area contributed by atoms with E-state index in [9.17, 15) is 13.2 Å². The monoisotopic (exact) mass is 300 g/mol. The first-order valence-corrected chi connectivity index (χ1v) is 6.81. The molecule has 1 unspecified atom stereocenters. The highest BCUT2D eigenvalue weighted by molar-refractivity contribution is 5.67. The summed E-state index contributed by atoms with van der Waals surface area (Å²) in [5.74, 6) is 0.401. The highest BCUT2D eigenvalue weighted by atomic mass is 19.4. The van der Waals surface area contributed by atoms with Gasteiger partial charge in [-0.1, -0.05) is 0 Å². The van der Waals surface area contributed by atoms with Gasteiger partial charge in [-0.05, 0) is 19.3 Å². The van der Waals surface area contributed by atoms with E-state index in [0.717, 1.165) is 31.9 Å². The highest BCUT2D eigenvalue weighted by Gasteiger charge is 2.34. The van der Waals surface area contributed by atoms with Gasteiger partial charge in [-0.2, -0.15) is 18.3 Å². The van der Waals surface area contributed by atoms with E-state index < -0.39 is 11.9 Å². The maximum atomic E-state index is 12.7. The average molecular weight is 300 g/mol. The molecule has 5 nitrogen and oxygen atoms in total. The molecule has 0 amide bonds. The van der Waals surface area contributed by atoms with Crippen molar-refractivity contribution < 1.29 is 17.9 Å². The molecule has 3 rings (SSSR count). The van der Waals surface area contributed by atoms with Gasteiger partial charge in [-0.15, -0.1) is 0 Å². The van der Waals surface area contributed by atoms with Crippen LogP contribution in [0.4, 0.5) is 19.0 Å². The Kier molecular flexibility index (Phi) is 3.71. The third kappa shape index (κ3) is 3.10. The molecule has 1 aliphatic heterocycles. The Morgan fingerprint density at radius 2 is 2.29 bits per heavy atom. The first-order valence-electron chi connectivity index (χ1n) is 6.81. The second kappa shape index (κ2) is 5.51. The van der Waals surface area contributed by atoms with E-state index in [1.807, 2.05) is 0 Å². The number of nitrogens with zero attached hydrogens (tertiary/aromatic N) is 3. The van der Waals surface area contributed by atoms with Gasteiger partial charge >= 0.3 is 6.18 Å². The fourth-order valence-corrected chi connectivity index (χ4v) is 2.42. The van der Waals surface area contributed by atoms with Gasteiger partial charge in [0.1, 0.15) is 5.52 Å². The number of aromatic nitrogens is 3. The average Bonchev–Trinajstić information content (AvgIpc) is 3.06. The van der Waals surface area contributed by atoms with Crippen LogP contribution in [0, 0.1) is 0 Å². The summed E-state index contributed by atoms with van der Waals surface area (Å²) in [5, 5.41) is 6.58. The lowest BCUT2D eigenvalue weighted by Gasteiger charge is -2.10. The van der Waals surface area contributed by atoms with Crippen LogP contribution in [0.2, 0.25) is 0 Å². The summed E-state index contributed by atoms with van der Waals surface area (Å²) in [6.45, 7) is 1.39. The zero-order valence-corrected chi connectivity index (χ0v) is 11.2. The smallest absolute Gasteiger partial charge is 0.378 e. The SMILES string of the molecule is FC(F)(F)c1cc2c(NCCC3CCCO3)nccn2n1. The van der Waals surface area contributed by atoms with Crippen LogP contribution in [-0.2, 0) is 10.9 Å². The van der Waals surface area contributed by atoms with Crippen molar-refractivity contribution in [3.8, 4) is 0 Å². The van der Waals surface area contributed by atoms with Crippen LogP contribution in [-0.4, -0.2) is 33.9 Å². The van der Waals surface area contributed by atoms with Crippen LogP contribution in [0.5, 0.6) is 0 Å². The predicted molar refractivity (Wildman–Crippen MR) is 70.1 cm³/mol. The maximum Gasteiger partial charge on any atom is 0.435 e. The molecular weight excluding hydrogens is 285 g/mol. The largest absolute Gasteiger partial charge is 0.435 e. The van der Waals surface area contributed by atoms with Crippen LogP contribution >= 0.6 is 0 Å². The molecule has 1 saturated heterocycles. The Bertz CT molecular complexity index is 619. The van der Waals surface area contributed by atoms with Crippen molar-refractivity contribution in [2.24, 2.45) is 0 Å². The Hall–Kier alpha value is -1.83. The summed E-state index contributed by atoms with van der Waals surface area (Å²) in [7, 11) is 0. The van der Waals surface area contributed by atoms with Gasteiger partial charge in [0.2, 0.25) is 0 Å². The van der Waals surface area contributed by atoms with Crippen molar-refractivity contribution in [3.05, 3.63) is 24.2 Å². The molecule has 1 atom stereocenters. The molecule has 1 aliphatic rings. The second-order valence-electron chi connectivity index (χ2n) is 4.98. The molecule has 0 bridgehead atoms. The van der Waals surface area contributed by atoms with E-state index in [1.54, 1.807) is 0 Å². The number of ether oxygens (including phenoxy) is 1. The zero-order valence-electron chi connectivity index (χ0n) is 11.2. The molecular formula is C13H15F3N4O. The summed E-state index contributed by atoms with van der Waals surface area (Å²) in [6, 6.07) is 1.00. The van der Waals surface area contributed by atoms with Crippen LogP contribution < -0.4 is 5.32 Å². The third-order valence-electron chi connectivity index (χ3n) is 3.46. The topological polar surface area (TPSA) is 51.5 Å². The Morgan fingerprint density at radius 1 is 1.43 bits per heavy atom. The fourth-order valence-electron chi connectivity index (χ4n) is 2.42. The predicted octanol–water partition coefficient (Wildman–Crippen LogP) is 2.73. The number of fused-ring (bicyclic) bond motifs is 1. The van der Waals surface area contributed by atoms with Crippen LogP contribution in [0.15, 0.2) is 18.5 Å². The maximum absolute atomic E-state index is 12.7. The number of halogens is 3. The van der Waals surface area contributed by atoms with Gasteiger partial charge < -0.3 is 10.1 Å². The molecule has 114 valence electrons. The van der Waals surface area contributed by atoms with Gasteiger partial charge in [-0.25, -0.2) is 9.50 Å². The molecule has 8 heteroatoms. The summed E-state index contributed by atoms with van der Waals surface area (Å²) in [6.07, 6.45) is 1.50. The Balaban J connectivity index is 1.73. The van der Waals surface area contributed by atoms with Gasteiger partial charge in [0.05, 0.1) is 6.10 Å². The molecule has 2 aromatic heterocycles. The molecule has 21 heavy (non-hydrogen) atoms. The Labute approximate surface area is 119 Å². The number of nitrogens with one attached hydrogen (secondary N) is 1. The number of hydrogen-bond acceptors (Lipinski definition) is 4. The first-order chi connectivity index (χ1) is 10.0. The number of rotatable bonds is 4. The van der Waals surface area contributed by atoms with Gasteiger partial charge in [0.25, 0.3) is 0 Å². The summed E-state index contributed by atoms with van der Waals surface area (Å²) >= 11 is 0. The quantitative estimate of drug-likeness (QED) is 0.943. The van der Waals surface area contributed by atoms with E-state index in [0.29, 0.717) is 17.9 Å². The minimum Gasteiger partial charge on any atom is -0.378 e. The second-order valence-corrected chi connectivity index (χ2v) is 4.98. The summed E-state index contributed by atoms with van der Waals surface area (Å²) < 4.78 is 44.7. The van der Waals surface area contributed by atoms with Crippen molar-refractivity contribution in [2.75, 3.05) is 18.5 Å². The van der Waals surface area contributed by atoms with Crippen molar-refractivity contribution in [2.45, 2.75) is 31.5 Å². The molecule has 2 aromatic rings. The zero-order chi connectivity index (χ0) is 14.9. The van der Waals surface area contributed by atoms with Crippen LogP contribution in [0.3, 0.4) is 0 Å². The van der Waals surface area contributed by atoms with E-state index in [-0.39, 0.29) is 6.10 Å². The van der Waals surface area contributed by atoms with Crippen molar-refractivity contribution >= 4 is 11.3 Å². The summed E-state index contributed by atoms with van der Waals surface area (Å²) in [4.78, 5) is 4.09. The van der Waals surface area contributed by atoms with Crippen molar-refractivity contribution in [3.63, 3.8) is 0 Å². The minimum absolute atomic E-state index is 0.230. The molecule has 0 spiro atoms. The van der Waals surface area contributed by atoms with Crippen LogP contribution in [0.25, 0.3) is 5.52 Å². The lowest BCUT2D eigenvalue weighted by molar-refractivity contribution is -0.141. The number of alkyl halides is 3. The fraction of sp³-hybridized carbons (Fsp3) is 0.538. The first kappa shape index (κ1) is 14.1. The van der Waals surface area contributed by atoms with Gasteiger partial charge in [-0.3, -0.25) is 0 Å². The molecule has 1 N–H and O–H groups in total. The van der Waals surface area contributed by atoms with E-state index >= 15 is 0 Å². The van der Waals surface area contributed by atoms with E-state index in [2.05, 4.69) is 15.4 Å². The number of hydrogen-bond donors (Lipinski definition) is 1. The lowest BCUT2D eigenvalue weighted by atomic mass is 10.2. The highest BCUT2D eigenvalue weighted by Crippen LogP contribution is 2.30. The molecule has 0 radical (unpaired) electrons.